The van der Waals surface area contributed by atoms with Gasteiger partial charge >= 0.3 is 5.97 Å². The number of unbranched alkanes of at least 4 members (excludes halogenated alkanes) is 9. The Hall–Kier alpha value is -1.39. The molecule has 136 valence electrons. The van der Waals surface area contributed by atoms with E-state index in [-0.39, 0.29) is 0 Å². The van der Waals surface area contributed by atoms with Crippen molar-refractivity contribution < 1.29 is 14.7 Å². The average molecular weight is 335 g/mol. The van der Waals surface area contributed by atoms with Crippen LogP contribution in [0.4, 0.5) is 0 Å². The Morgan fingerprint density at radius 2 is 1.50 bits per heavy atom. The van der Waals surface area contributed by atoms with Crippen molar-refractivity contribution in [3.63, 3.8) is 0 Å². The zero-order chi connectivity index (χ0) is 17.5. The summed E-state index contributed by atoms with van der Waals surface area (Å²) in [6.07, 6.45) is 12.7. The molecule has 1 aromatic rings. The molecule has 0 radical (unpaired) electrons. The van der Waals surface area contributed by atoms with Gasteiger partial charge in [-0.1, -0.05) is 95.0 Å². The lowest BCUT2D eigenvalue weighted by Crippen LogP contribution is -2.29. The van der Waals surface area contributed by atoms with Crippen molar-refractivity contribution in [1.82, 2.24) is 5.48 Å². The summed E-state index contributed by atoms with van der Waals surface area (Å²) in [5.41, 5.74) is 3.37. The highest BCUT2D eigenvalue weighted by atomic mass is 16.6. The molecule has 0 aromatic heterocycles. The lowest BCUT2D eigenvalue weighted by Gasteiger charge is -2.14. The third-order valence-corrected chi connectivity index (χ3v) is 4.18. The van der Waals surface area contributed by atoms with Crippen molar-refractivity contribution in [2.45, 2.75) is 77.2 Å². The minimum Gasteiger partial charge on any atom is -0.480 e. The molecular weight excluding hydrogens is 302 g/mol. The summed E-state index contributed by atoms with van der Waals surface area (Å²) >= 11 is 0. The first-order valence-electron chi connectivity index (χ1n) is 9.40. The summed E-state index contributed by atoms with van der Waals surface area (Å²) in [5.74, 6) is -0.927. The molecule has 0 bridgehead atoms. The maximum absolute atomic E-state index is 11.3. The van der Waals surface area contributed by atoms with Gasteiger partial charge in [0, 0.05) is 0 Å². The second-order valence-corrected chi connectivity index (χ2v) is 6.33. The molecule has 0 aliphatic carbocycles. The molecule has 1 atom stereocenters. The second-order valence-electron chi connectivity index (χ2n) is 6.33. The summed E-state index contributed by atoms with van der Waals surface area (Å²) < 4.78 is 0. The van der Waals surface area contributed by atoms with Gasteiger partial charge in [-0.15, -0.1) is 0 Å². The third kappa shape index (κ3) is 9.68. The molecule has 0 aliphatic rings. The summed E-state index contributed by atoms with van der Waals surface area (Å²) in [6.45, 7) is 2.79. The topological polar surface area (TPSA) is 58.6 Å². The first-order valence-corrected chi connectivity index (χ1v) is 9.40. The van der Waals surface area contributed by atoms with Gasteiger partial charge in [-0.05, 0) is 12.0 Å². The van der Waals surface area contributed by atoms with Crippen LogP contribution in [0.15, 0.2) is 30.3 Å². The highest BCUT2D eigenvalue weighted by molar-refractivity contribution is 5.75. The van der Waals surface area contributed by atoms with Gasteiger partial charge in [0.05, 0.1) is 6.61 Å². The van der Waals surface area contributed by atoms with E-state index in [0.29, 0.717) is 12.2 Å². The van der Waals surface area contributed by atoms with E-state index in [9.17, 15) is 9.90 Å². The molecule has 1 aromatic carbocycles. The number of carboxylic acid groups (broad SMARTS) is 1. The second kappa shape index (κ2) is 14.0. The lowest BCUT2D eigenvalue weighted by molar-refractivity contribution is -0.144. The third-order valence-electron chi connectivity index (χ3n) is 4.18. The normalized spacial score (nSPS) is 12.2. The quantitative estimate of drug-likeness (QED) is 0.339. The summed E-state index contributed by atoms with van der Waals surface area (Å²) in [6, 6.07) is 8.29. The average Bonchev–Trinajstić information content (AvgIpc) is 2.59. The number of benzene rings is 1. The monoisotopic (exact) mass is 335 g/mol. The highest BCUT2D eigenvalue weighted by Crippen LogP contribution is 2.13. The fourth-order valence-corrected chi connectivity index (χ4v) is 2.71. The Labute approximate surface area is 146 Å². The molecule has 0 heterocycles. The Kier molecular flexibility index (Phi) is 12.0. The molecule has 1 unspecified atom stereocenters. The lowest BCUT2D eigenvalue weighted by atomic mass is 10.1. The minimum absolute atomic E-state index is 0.549. The van der Waals surface area contributed by atoms with Crippen molar-refractivity contribution >= 4 is 5.97 Å². The number of carbonyl (C=O) groups is 1. The Morgan fingerprint density at radius 3 is 2.04 bits per heavy atom. The van der Waals surface area contributed by atoms with Crippen molar-refractivity contribution in [3.05, 3.63) is 35.9 Å². The van der Waals surface area contributed by atoms with Crippen LogP contribution in [0.3, 0.4) is 0 Å². The van der Waals surface area contributed by atoms with Crippen LogP contribution >= 0.6 is 0 Å². The van der Waals surface area contributed by atoms with E-state index in [1.807, 2.05) is 18.2 Å². The standard InChI is InChI=1S/C20H33NO3/c1-2-3-4-5-6-7-8-9-10-14-17-24-21-19(20(22)23)18-15-12-11-13-16-18/h11-13,15-16,19,21H,2-10,14,17H2,1H3,(H,22,23). The van der Waals surface area contributed by atoms with Crippen molar-refractivity contribution in [3.8, 4) is 0 Å². The Bertz CT molecular complexity index is 422. The zero-order valence-corrected chi connectivity index (χ0v) is 15.0. The molecule has 24 heavy (non-hydrogen) atoms. The van der Waals surface area contributed by atoms with E-state index in [4.69, 9.17) is 4.84 Å². The number of aliphatic carboxylic acids is 1. The van der Waals surface area contributed by atoms with E-state index in [1.165, 1.54) is 51.4 Å². The summed E-state index contributed by atoms with van der Waals surface area (Å²) in [7, 11) is 0. The van der Waals surface area contributed by atoms with Gasteiger partial charge in [0.2, 0.25) is 0 Å². The number of rotatable bonds is 15. The largest absolute Gasteiger partial charge is 0.480 e. The van der Waals surface area contributed by atoms with Crippen molar-refractivity contribution in [2.75, 3.05) is 6.61 Å². The molecular formula is C20H33NO3. The smallest absolute Gasteiger partial charge is 0.327 e. The predicted molar refractivity (Wildman–Crippen MR) is 97.8 cm³/mol. The van der Waals surface area contributed by atoms with Crippen LogP contribution in [0, 0.1) is 0 Å². The minimum atomic E-state index is -0.927. The van der Waals surface area contributed by atoms with Crippen LogP contribution in [0.25, 0.3) is 0 Å². The molecule has 0 aliphatic heterocycles. The number of hydroxylamine groups is 1. The van der Waals surface area contributed by atoms with Gasteiger partial charge < -0.3 is 9.94 Å². The van der Waals surface area contributed by atoms with Gasteiger partial charge in [0.25, 0.3) is 0 Å². The Morgan fingerprint density at radius 1 is 0.958 bits per heavy atom. The molecule has 4 heteroatoms. The number of nitrogens with one attached hydrogen (secondary N) is 1. The number of hydrogen-bond acceptors (Lipinski definition) is 3. The number of hydrogen-bond donors (Lipinski definition) is 2. The van der Waals surface area contributed by atoms with E-state index in [2.05, 4.69) is 12.4 Å². The molecule has 0 spiro atoms. The van der Waals surface area contributed by atoms with E-state index in [0.717, 1.165) is 12.8 Å². The molecule has 0 fully saturated rings. The fourth-order valence-electron chi connectivity index (χ4n) is 2.71. The van der Waals surface area contributed by atoms with Gasteiger partial charge in [0.15, 0.2) is 6.04 Å². The van der Waals surface area contributed by atoms with E-state index in [1.54, 1.807) is 12.1 Å². The predicted octanol–water partition coefficient (Wildman–Crippen LogP) is 5.25. The SMILES string of the molecule is CCCCCCCCCCCCONC(C(=O)O)c1ccccc1. The van der Waals surface area contributed by atoms with Crippen molar-refractivity contribution in [1.29, 1.82) is 0 Å². The Balaban J connectivity index is 2.00. The van der Waals surface area contributed by atoms with Crippen LogP contribution in [0.5, 0.6) is 0 Å². The number of carboxylic acids is 1. The molecule has 1 rings (SSSR count). The van der Waals surface area contributed by atoms with Gasteiger partial charge in [-0.2, -0.15) is 5.48 Å². The van der Waals surface area contributed by atoms with Gasteiger partial charge in [0.1, 0.15) is 0 Å². The summed E-state index contributed by atoms with van der Waals surface area (Å²) in [5, 5.41) is 9.26. The maximum atomic E-state index is 11.3. The van der Waals surface area contributed by atoms with Crippen LogP contribution in [-0.2, 0) is 9.63 Å². The molecule has 0 amide bonds. The van der Waals surface area contributed by atoms with Gasteiger partial charge in [-0.25, -0.2) is 0 Å². The molecule has 0 saturated heterocycles. The molecule has 0 saturated carbocycles. The zero-order valence-electron chi connectivity index (χ0n) is 15.0. The maximum Gasteiger partial charge on any atom is 0.327 e. The van der Waals surface area contributed by atoms with Crippen molar-refractivity contribution in [2.24, 2.45) is 0 Å². The molecule has 2 N–H and O–H groups in total. The highest BCUT2D eigenvalue weighted by Gasteiger charge is 2.19. The van der Waals surface area contributed by atoms with E-state index >= 15 is 0 Å². The van der Waals surface area contributed by atoms with Crippen LogP contribution in [0.2, 0.25) is 0 Å². The van der Waals surface area contributed by atoms with Crippen LogP contribution in [-0.4, -0.2) is 17.7 Å². The van der Waals surface area contributed by atoms with Gasteiger partial charge in [-0.3, -0.25) is 4.79 Å². The van der Waals surface area contributed by atoms with Crippen LogP contribution in [0.1, 0.15) is 82.7 Å². The molecule has 4 nitrogen and oxygen atoms in total. The first kappa shape index (κ1) is 20.7. The van der Waals surface area contributed by atoms with Crippen LogP contribution < -0.4 is 5.48 Å². The fraction of sp³-hybridized carbons (Fsp3) is 0.650. The van der Waals surface area contributed by atoms with E-state index < -0.39 is 12.0 Å². The first-order chi connectivity index (χ1) is 11.8. The summed E-state index contributed by atoms with van der Waals surface area (Å²) in [4.78, 5) is 16.6.